The normalized spacial score (nSPS) is 15.5. The minimum atomic E-state index is -1.31. The summed E-state index contributed by atoms with van der Waals surface area (Å²) in [6.07, 6.45) is 6.34. The highest BCUT2D eigenvalue weighted by molar-refractivity contribution is 6.34. The van der Waals surface area contributed by atoms with Gasteiger partial charge in [-0.25, -0.2) is 14.8 Å². The number of ether oxygens (including phenoxy) is 1. The van der Waals surface area contributed by atoms with Gasteiger partial charge in [-0.3, -0.25) is 4.79 Å². The van der Waals surface area contributed by atoms with Crippen LogP contribution in [0.25, 0.3) is 16.7 Å². The van der Waals surface area contributed by atoms with Gasteiger partial charge in [0.15, 0.2) is 0 Å². The van der Waals surface area contributed by atoms with Crippen LogP contribution >= 0.6 is 23.2 Å². The van der Waals surface area contributed by atoms with Gasteiger partial charge in [0.2, 0.25) is 11.3 Å². The maximum absolute atomic E-state index is 13.0. The third kappa shape index (κ3) is 4.42. The molecule has 5 rings (SSSR count). The van der Waals surface area contributed by atoms with Crippen LogP contribution in [0, 0.1) is 0 Å². The Morgan fingerprint density at radius 1 is 1.11 bits per heavy atom. The highest BCUT2D eigenvalue weighted by atomic mass is 35.5. The van der Waals surface area contributed by atoms with E-state index in [4.69, 9.17) is 27.9 Å². The van der Waals surface area contributed by atoms with Crippen LogP contribution in [-0.4, -0.2) is 44.8 Å². The quantitative estimate of drug-likeness (QED) is 0.396. The number of hydrogen-bond acceptors (Lipinski definition) is 6. The molecule has 4 heterocycles. The third-order valence-corrected chi connectivity index (χ3v) is 6.61. The van der Waals surface area contributed by atoms with Crippen LogP contribution in [0.4, 0.5) is 5.69 Å². The summed E-state index contributed by atoms with van der Waals surface area (Å²) in [7, 11) is 0. The Bertz CT molecular complexity index is 1480. The number of aromatic nitrogens is 3. The Morgan fingerprint density at radius 2 is 1.94 bits per heavy atom. The molecule has 178 valence electrons. The van der Waals surface area contributed by atoms with Crippen LogP contribution < -0.4 is 15.1 Å². The lowest BCUT2D eigenvalue weighted by Gasteiger charge is -2.28. The summed E-state index contributed by atoms with van der Waals surface area (Å²) < 4.78 is 7.50. The molecule has 8 nitrogen and oxygen atoms in total. The second-order valence-electron chi connectivity index (χ2n) is 8.15. The number of carboxylic acids is 1. The van der Waals surface area contributed by atoms with Gasteiger partial charge < -0.3 is 19.3 Å². The predicted molar refractivity (Wildman–Crippen MR) is 134 cm³/mol. The van der Waals surface area contributed by atoms with Gasteiger partial charge in [0, 0.05) is 30.5 Å². The number of anilines is 1. The topological polar surface area (TPSA) is 97.6 Å². The van der Waals surface area contributed by atoms with E-state index in [9.17, 15) is 14.7 Å². The maximum atomic E-state index is 13.0. The number of pyridine rings is 3. The molecule has 1 aliphatic heterocycles. The third-order valence-electron chi connectivity index (χ3n) is 6.02. The molecular weight excluding hydrogens is 491 g/mol. The Labute approximate surface area is 210 Å². The first kappa shape index (κ1) is 23.1. The Hall–Kier alpha value is -3.62. The lowest BCUT2D eigenvalue weighted by atomic mass is 10.1. The number of benzene rings is 1. The average molecular weight is 511 g/mol. The van der Waals surface area contributed by atoms with Gasteiger partial charge in [-0.2, -0.15) is 0 Å². The molecule has 1 aromatic carbocycles. The summed E-state index contributed by atoms with van der Waals surface area (Å²) >= 11 is 12.8. The van der Waals surface area contributed by atoms with Crippen molar-refractivity contribution in [2.45, 2.75) is 18.9 Å². The highest BCUT2D eigenvalue weighted by Crippen LogP contribution is 2.35. The minimum Gasteiger partial charge on any atom is -0.477 e. The molecule has 4 aromatic rings. The van der Waals surface area contributed by atoms with E-state index in [1.807, 2.05) is 6.07 Å². The molecule has 1 aliphatic rings. The Kier molecular flexibility index (Phi) is 6.32. The SMILES string of the molecule is O=C(O)c1cn(-c2ccccn2)c2cc(N3CCC[C@@H]3COc3ncccc3Cl)c(Cl)cc2c1=O. The molecule has 1 N–H and O–H groups in total. The summed E-state index contributed by atoms with van der Waals surface area (Å²) in [6.45, 7) is 1.10. The number of carbonyl (C=O) groups is 1. The van der Waals surface area contributed by atoms with Gasteiger partial charge in [0.1, 0.15) is 23.0 Å². The summed E-state index contributed by atoms with van der Waals surface area (Å²) in [5.74, 6) is -0.457. The predicted octanol–water partition coefficient (Wildman–Crippen LogP) is 4.83. The molecule has 0 unspecified atom stereocenters. The molecule has 0 radical (unpaired) electrons. The largest absolute Gasteiger partial charge is 0.477 e. The van der Waals surface area contributed by atoms with E-state index < -0.39 is 11.4 Å². The first-order chi connectivity index (χ1) is 16.9. The Morgan fingerprint density at radius 3 is 2.69 bits per heavy atom. The number of nitrogens with zero attached hydrogens (tertiary/aromatic N) is 4. The van der Waals surface area contributed by atoms with E-state index in [1.165, 1.54) is 12.3 Å². The van der Waals surface area contributed by atoms with E-state index in [-0.39, 0.29) is 17.0 Å². The van der Waals surface area contributed by atoms with E-state index >= 15 is 0 Å². The molecule has 0 amide bonds. The fourth-order valence-corrected chi connectivity index (χ4v) is 4.82. The fourth-order valence-electron chi connectivity index (χ4n) is 4.37. The zero-order valence-electron chi connectivity index (χ0n) is 18.4. The van der Waals surface area contributed by atoms with Crippen LogP contribution in [0.5, 0.6) is 5.88 Å². The number of aromatic carboxylic acids is 1. The molecule has 1 fully saturated rings. The van der Waals surface area contributed by atoms with Gasteiger partial charge in [0.25, 0.3) is 0 Å². The summed E-state index contributed by atoms with van der Waals surface area (Å²) in [4.78, 5) is 35.4. The van der Waals surface area contributed by atoms with E-state index in [0.29, 0.717) is 33.9 Å². The van der Waals surface area contributed by atoms with Crippen molar-refractivity contribution in [3.63, 3.8) is 0 Å². The van der Waals surface area contributed by atoms with Gasteiger partial charge in [-0.05, 0) is 49.2 Å². The van der Waals surface area contributed by atoms with Crippen molar-refractivity contribution in [3.8, 4) is 11.7 Å². The number of rotatable bonds is 6. The summed E-state index contributed by atoms with van der Waals surface area (Å²) in [5.41, 5.74) is 0.285. The zero-order valence-corrected chi connectivity index (χ0v) is 19.9. The first-order valence-corrected chi connectivity index (χ1v) is 11.7. The number of hydrogen-bond donors (Lipinski definition) is 1. The van der Waals surface area contributed by atoms with Crippen molar-refractivity contribution in [3.05, 3.63) is 86.9 Å². The second kappa shape index (κ2) is 9.56. The number of halogens is 2. The van der Waals surface area contributed by atoms with Crippen LogP contribution in [-0.2, 0) is 0 Å². The van der Waals surface area contributed by atoms with Crippen LogP contribution in [0.3, 0.4) is 0 Å². The molecule has 0 saturated carbocycles. The number of fused-ring (bicyclic) bond motifs is 1. The molecule has 3 aromatic heterocycles. The summed E-state index contributed by atoms with van der Waals surface area (Å²) in [6, 6.07) is 12.1. The van der Waals surface area contributed by atoms with Gasteiger partial charge in [-0.15, -0.1) is 0 Å². The average Bonchev–Trinajstić information content (AvgIpc) is 3.32. The van der Waals surface area contributed by atoms with Gasteiger partial charge in [-0.1, -0.05) is 29.3 Å². The molecule has 0 bridgehead atoms. The van der Waals surface area contributed by atoms with Crippen molar-refractivity contribution < 1.29 is 14.6 Å². The van der Waals surface area contributed by atoms with Gasteiger partial charge >= 0.3 is 5.97 Å². The van der Waals surface area contributed by atoms with E-state index in [2.05, 4.69) is 14.9 Å². The minimum absolute atomic E-state index is 0.0105. The summed E-state index contributed by atoms with van der Waals surface area (Å²) in [5, 5.41) is 10.6. The van der Waals surface area contributed by atoms with Crippen LogP contribution in [0.2, 0.25) is 10.0 Å². The Balaban J connectivity index is 1.58. The molecule has 1 atom stereocenters. The molecular formula is C25H20Cl2N4O4. The number of carboxylic acid groups (broad SMARTS) is 1. The lowest BCUT2D eigenvalue weighted by Crippen LogP contribution is -2.34. The molecule has 0 spiro atoms. The van der Waals surface area contributed by atoms with Crippen molar-refractivity contribution in [2.75, 3.05) is 18.1 Å². The van der Waals surface area contributed by atoms with E-state index in [1.54, 1.807) is 47.3 Å². The molecule has 1 saturated heterocycles. The zero-order chi connectivity index (χ0) is 24.5. The lowest BCUT2D eigenvalue weighted by molar-refractivity contribution is 0.0695. The van der Waals surface area contributed by atoms with Crippen molar-refractivity contribution in [1.29, 1.82) is 0 Å². The maximum Gasteiger partial charge on any atom is 0.341 e. The van der Waals surface area contributed by atoms with Crippen molar-refractivity contribution in [2.24, 2.45) is 0 Å². The monoisotopic (exact) mass is 510 g/mol. The first-order valence-electron chi connectivity index (χ1n) is 11.0. The second-order valence-corrected chi connectivity index (χ2v) is 8.96. The molecule has 35 heavy (non-hydrogen) atoms. The van der Waals surface area contributed by atoms with Crippen molar-refractivity contribution in [1.82, 2.24) is 14.5 Å². The van der Waals surface area contributed by atoms with Crippen molar-refractivity contribution >= 4 is 45.8 Å². The highest BCUT2D eigenvalue weighted by Gasteiger charge is 2.28. The smallest absolute Gasteiger partial charge is 0.341 e. The van der Waals surface area contributed by atoms with Crippen LogP contribution in [0.15, 0.2) is 65.8 Å². The standard InChI is InChI=1S/C25H20Cl2N4O4/c26-18-6-3-9-29-24(18)35-14-15-5-4-10-30(15)21-12-20-16(11-19(21)27)23(32)17(25(33)34)13-31(20)22-7-1-2-8-28-22/h1-3,6-9,11-13,15H,4-5,10,14H2,(H,33,34)/t15-/m1/s1. The molecule has 10 heteroatoms. The van der Waals surface area contributed by atoms with E-state index in [0.717, 1.165) is 25.1 Å². The van der Waals surface area contributed by atoms with Gasteiger partial charge in [0.05, 0.1) is 22.3 Å². The van der Waals surface area contributed by atoms with Crippen LogP contribution in [0.1, 0.15) is 23.2 Å². The molecule has 0 aliphatic carbocycles. The fraction of sp³-hybridized carbons (Fsp3) is 0.200.